The third-order valence-electron chi connectivity index (χ3n) is 1.71. The highest BCUT2D eigenvalue weighted by molar-refractivity contribution is 5.69. The van der Waals surface area contributed by atoms with E-state index in [4.69, 9.17) is 0 Å². The van der Waals surface area contributed by atoms with Crippen LogP contribution in [-0.4, -0.2) is 6.21 Å². The minimum atomic E-state index is 0.155. The maximum atomic E-state index is 4.45. The first-order valence-electron chi connectivity index (χ1n) is 4.60. The highest BCUT2D eigenvalue weighted by atomic mass is 14.7. The summed E-state index contributed by atoms with van der Waals surface area (Å²) in [6, 6.07) is 8.17. The van der Waals surface area contributed by atoms with Crippen LogP contribution in [0, 0.1) is 12.3 Å². The van der Waals surface area contributed by atoms with Crippen LogP contribution in [0.4, 0.5) is 5.69 Å². The monoisotopic (exact) mass is 175 g/mol. The molecule has 0 aromatic heterocycles. The van der Waals surface area contributed by atoms with Crippen molar-refractivity contribution in [3.63, 3.8) is 0 Å². The van der Waals surface area contributed by atoms with Crippen molar-refractivity contribution in [3.05, 3.63) is 29.8 Å². The van der Waals surface area contributed by atoms with E-state index < -0.39 is 0 Å². The molecule has 1 nitrogen and oxygen atoms in total. The lowest BCUT2D eigenvalue weighted by Crippen LogP contribution is -2.05. The number of aliphatic imine (C=N–C) groups is 1. The third kappa shape index (κ3) is 3.41. The van der Waals surface area contributed by atoms with Crippen LogP contribution in [0.3, 0.4) is 0 Å². The van der Waals surface area contributed by atoms with Crippen LogP contribution in [0.15, 0.2) is 29.3 Å². The van der Waals surface area contributed by atoms with Gasteiger partial charge in [-0.05, 0) is 24.0 Å². The van der Waals surface area contributed by atoms with Crippen LogP contribution < -0.4 is 0 Å². The summed E-state index contributed by atoms with van der Waals surface area (Å²) in [6.45, 7) is 8.52. The van der Waals surface area contributed by atoms with E-state index >= 15 is 0 Å². The highest BCUT2D eigenvalue weighted by Gasteiger charge is 2.05. The zero-order valence-electron chi connectivity index (χ0n) is 8.83. The Hall–Kier alpha value is -1.11. The summed E-state index contributed by atoms with van der Waals surface area (Å²) in [7, 11) is 0. The number of rotatable bonds is 1. The van der Waals surface area contributed by atoms with Crippen molar-refractivity contribution in [1.82, 2.24) is 0 Å². The molecule has 1 rings (SSSR count). The number of hydrogen-bond acceptors (Lipinski definition) is 1. The van der Waals surface area contributed by atoms with Gasteiger partial charge in [0.15, 0.2) is 0 Å². The van der Waals surface area contributed by atoms with Crippen molar-refractivity contribution in [2.24, 2.45) is 10.4 Å². The van der Waals surface area contributed by atoms with Gasteiger partial charge >= 0.3 is 0 Å². The van der Waals surface area contributed by atoms with Gasteiger partial charge < -0.3 is 0 Å². The number of nitrogens with zero attached hydrogens (tertiary/aromatic N) is 1. The van der Waals surface area contributed by atoms with Crippen LogP contribution in [0.25, 0.3) is 0 Å². The Balaban J connectivity index is 2.86. The normalized spacial score (nSPS) is 12.3. The number of hydrogen-bond donors (Lipinski definition) is 0. The molecule has 13 heavy (non-hydrogen) atoms. The zero-order valence-corrected chi connectivity index (χ0v) is 8.83. The topological polar surface area (TPSA) is 12.4 Å². The Labute approximate surface area is 80.5 Å². The average Bonchev–Trinajstić information content (AvgIpc) is 2.01. The van der Waals surface area contributed by atoms with Crippen LogP contribution in [0.1, 0.15) is 26.3 Å². The molecule has 0 fully saturated rings. The van der Waals surface area contributed by atoms with Crippen molar-refractivity contribution in [2.45, 2.75) is 27.7 Å². The second-order valence-corrected chi connectivity index (χ2v) is 4.41. The first kappa shape index (κ1) is 9.97. The quantitative estimate of drug-likeness (QED) is 0.576. The summed E-state index contributed by atoms with van der Waals surface area (Å²) >= 11 is 0. The minimum absolute atomic E-state index is 0.155. The Kier molecular flexibility index (Phi) is 2.86. The molecule has 0 N–H and O–H groups in total. The van der Waals surface area contributed by atoms with E-state index in [0.717, 1.165) is 5.69 Å². The molecule has 0 heterocycles. The molecule has 0 atom stereocenters. The minimum Gasteiger partial charge on any atom is -0.260 e. The van der Waals surface area contributed by atoms with Crippen LogP contribution in [0.2, 0.25) is 0 Å². The SMILES string of the molecule is Cc1ccccc1N=CC(C)(C)C. The fourth-order valence-corrected chi connectivity index (χ4v) is 0.971. The molecule has 0 unspecified atom stereocenters. The van der Waals surface area contributed by atoms with E-state index in [0.29, 0.717) is 0 Å². The summed E-state index contributed by atoms with van der Waals surface area (Å²) in [4.78, 5) is 4.45. The lowest BCUT2D eigenvalue weighted by atomic mass is 9.99. The Bertz CT molecular complexity index is 305. The number of para-hydroxylation sites is 1. The van der Waals surface area contributed by atoms with Gasteiger partial charge in [0, 0.05) is 6.21 Å². The molecular formula is C12H17N. The van der Waals surface area contributed by atoms with Gasteiger partial charge in [-0.2, -0.15) is 0 Å². The molecule has 0 aliphatic carbocycles. The standard InChI is InChI=1S/C12H17N/c1-10-7-5-6-8-11(10)13-9-12(2,3)4/h5-9H,1-4H3. The highest BCUT2D eigenvalue weighted by Crippen LogP contribution is 2.19. The van der Waals surface area contributed by atoms with Crippen molar-refractivity contribution in [2.75, 3.05) is 0 Å². The molecule has 70 valence electrons. The largest absolute Gasteiger partial charge is 0.260 e. The summed E-state index contributed by atoms with van der Waals surface area (Å²) in [6.07, 6.45) is 2.00. The average molecular weight is 175 g/mol. The molecular weight excluding hydrogens is 158 g/mol. The lowest BCUT2D eigenvalue weighted by Gasteiger charge is -2.10. The molecule has 0 aliphatic heterocycles. The fourth-order valence-electron chi connectivity index (χ4n) is 0.971. The van der Waals surface area contributed by atoms with Crippen molar-refractivity contribution < 1.29 is 0 Å². The predicted molar refractivity (Wildman–Crippen MR) is 58.8 cm³/mol. The molecule has 0 saturated carbocycles. The first-order valence-corrected chi connectivity index (χ1v) is 4.60. The van der Waals surface area contributed by atoms with E-state index in [2.05, 4.69) is 38.8 Å². The fraction of sp³-hybridized carbons (Fsp3) is 0.417. The Morgan fingerprint density at radius 2 is 1.77 bits per heavy atom. The summed E-state index contributed by atoms with van der Waals surface area (Å²) in [5, 5.41) is 0. The molecule has 1 aromatic rings. The second-order valence-electron chi connectivity index (χ2n) is 4.41. The van der Waals surface area contributed by atoms with Crippen molar-refractivity contribution in [3.8, 4) is 0 Å². The molecule has 0 radical (unpaired) electrons. The maximum Gasteiger partial charge on any atom is 0.0655 e. The van der Waals surface area contributed by atoms with E-state index in [-0.39, 0.29) is 5.41 Å². The van der Waals surface area contributed by atoms with Gasteiger partial charge in [-0.3, -0.25) is 4.99 Å². The maximum absolute atomic E-state index is 4.45. The summed E-state index contributed by atoms with van der Waals surface area (Å²) in [5.74, 6) is 0. The summed E-state index contributed by atoms with van der Waals surface area (Å²) in [5.41, 5.74) is 2.45. The second kappa shape index (κ2) is 3.73. The van der Waals surface area contributed by atoms with Crippen LogP contribution >= 0.6 is 0 Å². The van der Waals surface area contributed by atoms with E-state index in [1.807, 2.05) is 24.4 Å². The molecule has 0 bridgehead atoms. The molecule has 0 aliphatic rings. The molecule has 0 spiro atoms. The molecule has 0 amide bonds. The number of aryl methyl sites for hydroxylation is 1. The molecule has 1 aromatic carbocycles. The van der Waals surface area contributed by atoms with Gasteiger partial charge in [-0.1, -0.05) is 39.0 Å². The van der Waals surface area contributed by atoms with Gasteiger partial charge in [0.2, 0.25) is 0 Å². The van der Waals surface area contributed by atoms with E-state index in [1.54, 1.807) is 0 Å². The van der Waals surface area contributed by atoms with Crippen LogP contribution in [0.5, 0.6) is 0 Å². The number of benzene rings is 1. The van der Waals surface area contributed by atoms with Gasteiger partial charge in [-0.15, -0.1) is 0 Å². The van der Waals surface area contributed by atoms with Crippen molar-refractivity contribution in [1.29, 1.82) is 0 Å². The third-order valence-corrected chi connectivity index (χ3v) is 1.71. The van der Waals surface area contributed by atoms with E-state index in [9.17, 15) is 0 Å². The van der Waals surface area contributed by atoms with Gasteiger partial charge in [0.1, 0.15) is 0 Å². The van der Waals surface area contributed by atoms with Crippen molar-refractivity contribution >= 4 is 11.9 Å². The lowest BCUT2D eigenvalue weighted by molar-refractivity contribution is 0.607. The summed E-state index contributed by atoms with van der Waals surface area (Å²) < 4.78 is 0. The predicted octanol–water partition coefficient (Wildman–Crippen LogP) is 3.74. The van der Waals surface area contributed by atoms with Gasteiger partial charge in [0.25, 0.3) is 0 Å². The smallest absolute Gasteiger partial charge is 0.0655 e. The Morgan fingerprint density at radius 1 is 1.15 bits per heavy atom. The first-order chi connectivity index (χ1) is 5.99. The Morgan fingerprint density at radius 3 is 2.31 bits per heavy atom. The molecule has 0 saturated heterocycles. The van der Waals surface area contributed by atoms with Crippen LogP contribution in [-0.2, 0) is 0 Å². The molecule has 1 heteroatoms. The van der Waals surface area contributed by atoms with Gasteiger partial charge in [-0.25, -0.2) is 0 Å². The van der Waals surface area contributed by atoms with E-state index in [1.165, 1.54) is 5.56 Å². The zero-order chi connectivity index (χ0) is 9.90. The van der Waals surface area contributed by atoms with Gasteiger partial charge in [0.05, 0.1) is 5.69 Å².